The van der Waals surface area contributed by atoms with Crippen molar-refractivity contribution in [1.29, 1.82) is 0 Å². The molecule has 0 amide bonds. The number of aliphatic hydroxyl groups is 1. The van der Waals surface area contributed by atoms with E-state index in [-0.39, 0.29) is 12.1 Å². The maximum absolute atomic E-state index is 10.2. The van der Waals surface area contributed by atoms with E-state index in [0.29, 0.717) is 0 Å². The van der Waals surface area contributed by atoms with Gasteiger partial charge in [-0.05, 0) is 56.9 Å². The van der Waals surface area contributed by atoms with Crippen LogP contribution in [0.1, 0.15) is 54.4 Å². The quantitative estimate of drug-likeness (QED) is 0.869. The van der Waals surface area contributed by atoms with Crippen LogP contribution in [0.2, 0.25) is 5.02 Å². The minimum absolute atomic E-state index is 0.265. The van der Waals surface area contributed by atoms with Crippen LogP contribution in [-0.2, 0) is 6.42 Å². The van der Waals surface area contributed by atoms with Crippen molar-refractivity contribution in [2.24, 2.45) is 0 Å². The van der Waals surface area contributed by atoms with Crippen LogP contribution in [-0.4, -0.2) is 9.67 Å². The zero-order valence-corrected chi connectivity index (χ0v) is 12.7. The molecule has 2 nitrogen and oxygen atoms in total. The van der Waals surface area contributed by atoms with Crippen LogP contribution in [0.4, 0.5) is 0 Å². The summed E-state index contributed by atoms with van der Waals surface area (Å²) in [5.41, 5.74) is 4.88. The standard InChI is InChI=1S/C17H20ClNO/c1-11-10-15-16(4-3-5-17(15)20)19(11)12(2)13-6-8-14(18)9-7-13/h6-10,12,17,20H,3-5H2,1-2H3. The number of hydrogen-bond acceptors (Lipinski definition) is 1. The summed E-state index contributed by atoms with van der Waals surface area (Å²) in [6.45, 7) is 4.33. The van der Waals surface area contributed by atoms with E-state index in [1.165, 1.54) is 17.0 Å². The monoisotopic (exact) mass is 289 g/mol. The highest BCUT2D eigenvalue weighted by Gasteiger charge is 2.25. The number of halogens is 1. The van der Waals surface area contributed by atoms with Crippen LogP contribution in [0.25, 0.3) is 0 Å². The highest BCUT2D eigenvalue weighted by molar-refractivity contribution is 6.30. The first-order valence-corrected chi connectivity index (χ1v) is 7.60. The predicted molar refractivity (Wildman–Crippen MR) is 82.3 cm³/mol. The lowest BCUT2D eigenvalue weighted by molar-refractivity contribution is 0.155. The van der Waals surface area contributed by atoms with Gasteiger partial charge in [-0.3, -0.25) is 0 Å². The molecule has 2 unspecified atom stereocenters. The van der Waals surface area contributed by atoms with Crippen molar-refractivity contribution >= 4 is 11.6 Å². The van der Waals surface area contributed by atoms with E-state index >= 15 is 0 Å². The third-order valence-electron chi connectivity index (χ3n) is 4.36. The average molecular weight is 290 g/mol. The van der Waals surface area contributed by atoms with Gasteiger partial charge in [0.1, 0.15) is 0 Å². The third kappa shape index (κ3) is 2.27. The van der Waals surface area contributed by atoms with Crippen LogP contribution in [0.15, 0.2) is 30.3 Å². The van der Waals surface area contributed by atoms with Crippen molar-refractivity contribution in [3.63, 3.8) is 0 Å². The molecule has 0 spiro atoms. The molecule has 1 aromatic heterocycles. The van der Waals surface area contributed by atoms with E-state index in [1.807, 2.05) is 12.1 Å². The average Bonchev–Trinajstić information content (AvgIpc) is 2.77. The van der Waals surface area contributed by atoms with Crippen molar-refractivity contribution in [2.45, 2.75) is 45.3 Å². The molecule has 1 N–H and O–H groups in total. The number of fused-ring (bicyclic) bond motifs is 1. The van der Waals surface area contributed by atoms with E-state index < -0.39 is 0 Å². The van der Waals surface area contributed by atoms with Crippen LogP contribution in [0.5, 0.6) is 0 Å². The first-order valence-electron chi connectivity index (χ1n) is 7.22. The Balaban J connectivity index is 2.03. The summed E-state index contributed by atoms with van der Waals surface area (Å²) in [4.78, 5) is 0. The Bertz CT molecular complexity index is 615. The van der Waals surface area contributed by atoms with Crippen molar-refractivity contribution in [1.82, 2.24) is 4.57 Å². The SMILES string of the molecule is Cc1cc2c(n1C(C)c1ccc(Cl)cc1)CCCC2O. The zero-order chi connectivity index (χ0) is 14.3. The van der Waals surface area contributed by atoms with Gasteiger partial charge in [-0.1, -0.05) is 23.7 Å². The van der Waals surface area contributed by atoms with Gasteiger partial charge < -0.3 is 9.67 Å². The number of aryl methyl sites for hydroxylation is 1. The fraction of sp³-hybridized carbons (Fsp3) is 0.412. The van der Waals surface area contributed by atoms with E-state index in [9.17, 15) is 5.11 Å². The minimum atomic E-state index is -0.295. The number of rotatable bonds is 2. The summed E-state index contributed by atoms with van der Waals surface area (Å²) in [7, 11) is 0. The largest absolute Gasteiger partial charge is 0.388 e. The third-order valence-corrected chi connectivity index (χ3v) is 4.61. The van der Waals surface area contributed by atoms with Crippen LogP contribution in [0.3, 0.4) is 0 Å². The van der Waals surface area contributed by atoms with E-state index in [0.717, 1.165) is 29.8 Å². The van der Waals surface area contributed by atoms with Gasteiger partial charge in [0.2, 0.25) is 0 Å². The molecule has 2 atom stereocenters. The Hall–Kier alpha value is -1.25. The lowest BCUT2D eigenvalue weighted by atomic mass is 9.95. The summed E-state index contributed by atoms with van der Waals surface area (Å²) < 4.78 is 2.36. The van der Waals surface area contributed by atoms with Crippen molar-refractivity contribution in [3.8, 4) is 0 Å². The lowest BCUT2D eigenvalue weighted by Crippen LogP contribution is -2.16. The molecular weight excluding hydrogens is 270 g/mol. The summed E-state index contributed by atoms with van der Waals surface area (Å²) in [5, 5.41) is 10.9. The molecule has 1 aromatic carbocycles. The number of nitrogens with zero attached hydrogens (tertiary/aromatic N) is 1. The molecule has 20 heavy (non-hydrogen) atoms. The van der Waals surface area contributed by atoms with Gasteiger partial charge in [-0.25, -0.2) is 0 Å². The molecule has 1 aliphatic rings. The van der Waals surface area contributed by atoms with Gasteiger partial charge in [0, 0.05) is 22.0 Å². The Morgan fingerprint density at radius 2 is 2.00 bits per heavy atom. The molecule has 2 aromatic rings. The number of hydrogen-bond donors (Lipinski definition) is 1. The molecule has 1 heterocycles. The molecule has 1 aliphatic carbocycles. The van der Waals surface area contributed by atoms with Gasteiger partial charge in [-0.2, -0.15) is 0 Å². The second-order valence-corrected chi connectivity index (χ2v) is 6.13. The van der Waals surface area contributed by atoms with E-state index in [2.05, 4.69) is 36.6 Å². The highest BCUT2D eigenvalue weighted by Crippen LogP contribution is 2.35. The Morgan fingerprint density at radius 1 is 1.30 bits per heavy atom. The number of benzene rings is 1. The molecule has 3 heteroatoms. The van der Waals surface area contributed by atoms with E-state index in [1.54, 1.807) is 0 Å². The van der Waals surface area contributed by atoms with Gasteiger partial charge in [0.15, 0.2) is 0 Å². The Morgan fingerprint density at radius 3 is 2.70 bits per heavy atom. The normalized spacial score (nSPS) is 19.7. The summed E-state index contributed by atoms with van der Waals surface area (Å²) in [5.74, 6) is 0. The van der Waals surface area contributed by atoms with Crippen molar-refractivity contribution < 1.29 is 5.11 Å². The first kappa shape index (κ1) is 13.7. The second-order valence-electron chi connectivity index (χ2n) is 5.69. The lowest BCUT2D eigenvalue weighted by Gasteiger charge is -2.24. The number of aromatic nitrogens is 1. The van der Waals surface area contributed by atoms with Gasteiger partial charge in [0.05, 0.1) is 12.1 Å². The molecular formula is C17H20ClNO. The fourth-order valence-corrected chi connectivity index (χ4v) is 3.46. The molecule has 3 rings (SSSR count). The maximum atomic E-state index is 10.2. The second kappa shape index (κ2) is 5.27. The van der Waals surface area contributed by atoms with Crippen LogP contribution in [0, 0.1) is 6.92 Å². The Labute approximate surface area is 125 Å². The molecule has 106 valence electrons. The van der Waals surface area contributed by atoms with E-state index in [4.69, 9.17) is 11.6 Å². The molecule has 0 saturated heterocycles. The summed E-state index contributed by atoms with van der Waals surface area (Å²) in [6.07, 6.45) is 2.70. The molecule has 0 saturated carbocycles. The first-order chi connectivity index (χ1) is 9.58. The Kier molecular flexibility index (Phi) is 3.61. The van der Waals surface area contributed by atoms with Crippen LogP contribution < -0.4 is 0 Å². The summed E-state index contributed by atoms with van der Waals surface area (Å²) in [6, 6.07) is 10.4. The summed E-state index contributed by atoms with van der Waals surface area (Å²) >= 11 is 5.97. The highest BCUT2D eigenvalue weighted by atomic mass is 35.5. The van der Waals surface area contributed by atoms with Gasteiger partial charge in [0.25, 0.3) is 0 Å². The molecule has 0 radical (unpaired) electrons. The van der Waals surface area contributed by atoms with Gasteiger partial charge in [-0.15, -0.1) is 0 Å². The number of aliphatic hydroxyl groups excluding tert-OH is 1. The van der Waals surface area contributed by atoms with Crippen LogP contribution >= 0.6 is 11.6 Å². The molecule has 0 aliphatic heterocycles. The predicted octanol–water partition coefficient (Wildman–Crippen LogP) is 4.43. The van der Waals surface area contributed by atoms with Gasteiger partial charge >= 0.3 is 0 Å². The zero-order valence-electron chi connectivity index (χ0n) is 11.9. The van der Waals surface area contributed by atoms with Crippen molar-refractivity contribution in [2.75, 3.05) is 0 Å². The molecule has 0 fully saturated rings. The maximum Gasteiger partial charge on any atom is 0.0807 e. The topological polar surface area (TPSA) is 25.2 Å². The smallest absolute Gasteiger partial charge is 0.0807 e. The fourth-order valence-electron chi connectivity index (χ4n) is 3.33. The van der Waals surface area contributed by atoms with Crippen molar-refractivity contribution in [3.05, 3.63) is 57.9 Å². The minimum Gasteiger partial charge on any atom is -0.388 e. The molecule has 0 bridgehead atoms.